The van der Waals surface area contributed by atoms with Gasteiger partial charge in [0.2, 0.25) is 17.7 Å². The fourth-order valence-corrected chi connectivity index (χ4v) is 9.12. The van der Waals surface area contributed by atoms with Crippen molar-refractivity contribution in [3.63, 3.8) is 0 Å². The predicted molar refractivity (Wildman–Crippen MR) is 189 cm³/mol. The normalized spacial score (nSPS) is 30.3. The minimum Gasteiger partial charge on any atom is -0.463 e. The highest BCUT2D eigenvalue weighted by Gasteiger charge is 2.74. The number of hydrogen-bond acceptors (Lipinski definition) is 7. The van der Waals surface area contributed by atoms with Gasteiger partial charge in [-0.2, -0.15) is 0 Å². The van der Waals surface area contributed by atoms with Gasteiger partial charge in [-0.1, -0.05) is 92.0 Å². The summed E-state index contributed by atoms with van der Waals surface area (Å²) in [6.07, 6.45) is 9.12. The average molecular weight is 743 g/mol. The highest BCUT2D eigenvalue weighted by molar-refractivity contribution is 9.11. The fraction of sp³-hybridized carbons (Fsp3) is 0.632. The lowest BCUT2D eigenvalue weighted by molar-refractivity contribution is -0.152. The standard InChI is InChI=1S/C38H52BrN3O7/c1-36(2,3)24-37(4,5)42-20-14-9-12-18-28(44)48-23-27(25-16-10-8-11-17-25)40-33(45)29-30-34(46)41(19-13-6-7-15-21-43)32(35(42)47)38(30)22-26(39)31(29)49-38/h8-11,14,16-17,22,27,29-32,43H,6-7,12-13,15,18-21,23-24H2,1-5H3,(H,40,45)/b14-9-/t27-,29-,30+,31-,32-,38+/m0/s1. The number of aliphatic hydroxyl groups excluding tert-OH is 1. The van der Waals surface area contributed by atoms with Gasteiger partial charge < -0.3 is 29.7 Å². The zero-order valence-electron chi connectivity index (χ0n) is 29.5. The first kappa shape index (κ1) is 37.2. The number of carbonyl (C=O) groups excluding carboxylic acids is 4. The van der Waals surface area contributed by atoms with E-state index in [0.717, 1.165) is 18.4 Å². The summed E-state index contributed by atoms with van der Waals surface area (Å²) in [5.74, 6) is -3.10. The van der Waals surface area contributed by atoms with Crippen LogP contribution in [0.4, 0.5) is 0 Å². The van der Waals surface area contributed by atoms with Crippen molar-refractivity contribution in [2.45, 2.75) is 109 Å². The molecule has 2 fully saturated rings. The Morgan fingerprint density at radius 2 is 1.69 bits per heavy atom. The molecule has 0 radical (unpaired) electrons. The number of benzene rings is 1. The van der Waals surface area contributed by atoms with Crippen LogP contribution in [0.2, 0.25) is 0 Å². The SMILES string of the molecule is CC(C)(C)CC(C)(C)N1C/C=C\CCC(=O)OC[C@@H](c2ccccc2)NC(=O)[C@@H]2[C@H]3O[C@@]4(C=C3Br)[C@H](C1=O)N(CCCCCCO)C(=O)[C@@H]24. The second-order valence-electron chi connectivity index (χ2n) is 15.7. The van der Waals surface area contributed by atoms with Crippen molar-refractivity contribution in [3.8, 4) is 0 Å². The number of fused-ring (bicyclic) bond motifs is 2. The third-order valence-corrected chi connectivity index (χ3v) is 10.8. The van der Waals surface area contributed by atoms with Crippen molar-refractivity contribution in [1.29, 1.82) is 0 Å². The van der Waals surface area contributed by atoms with Gasteiger partial charge in [0.05, 0.1) is 17.9 Å². The molecular formula is C38H52BrN3O7. The number of nitrogens with one attached hydrogen (secondary N) is 1. The number of ether oxygens (including phenoxy) is 2. The number of unbranched alkanes of at least 4 members (excludes halogenated alkanes) is 3. The number of hydrogen-bond donors (Lipinski definition) is 2. The summed E-state index contributed by atoms with van der Waals surface area (Å²) in [7, 11) is 0. The summed E-state index contributed by atoms with van der Waals surface area (Å²) in [6.45, 7) is 11.2. The Bertz CT molecular complexity index is 1450. The van der Waals surface area contributed by atoms with E-state index in [9.17, 15) is 19.5 Å². The number of allylic oxidation sites excluding steroid dienone is 1. The van der Waals surface area contributed by atoms with Crippen molar-refractivity contribution in [3.05, 3.63) is 58.6 Å². The van der Waals surface area contributed by atoms with E-state index in [1.165, 1.54) is 0 Å². The molecule has 3 amide bonds. The lowest BCUT2D eigenvalue weighted by Crippen LogP contribution is -2.60. The molecule has 1 aromatic carbocycles. The average Bonchev–Trinajstić information content (AvgIpc) is 3.62. The highest BCUT2D eigenvalue weighted by atomic mass is 79.9. The molecule has 0 aliphatic carbocycles. The van der Waals surface area contributed by atoms with E-state index >= 15 is 4.79 Å². The van der Waals surface area contributed by atoms with E-state index < -0.39 is 47.1 Å². The molecule has 0 saturated carbocycles. The number of halogens is 1. The molecule has 268 valence electrons. The molecule has 5 bridgehead atoms. The lowest BCUT2D eigenvalue weighted by atomic mass is 9.73. The molecule has 10 nitrogen and oxygen atoms in total. The van der Waals surface area contributed by atoms with Gasteiger partial charge in [-0.25, -0.2) is 0 Å². The molecule has 5 rings (SSSR count). The van der Waals surface area contributed by atoms with Gasteiger partial charge in [0, 0.05) is 36.1 Å². The number of esters is 1. The Kier molecular flexibility index (Phi) is 11.5. The van der Waals surface area contributed by atoms with E-state index in [0.29, 0.717) is 36.7 Å². The summed E-state index contributed by atoms with van der Waals surface area (Å²) in [5, 5.41) is 12.4. The Balaban J connectivity index is 1.59. The van der Waals surface area contributed by atoms with E-state index in [-0.39, 0.29) is 49.4 Å². The molecule has 11 heteroatoms. The quantitative estimate of drug-likeness (QED) is 0.202. The molecule has 0 aromatic heterocycles. The summed E-state index contributed by atoms with van der Waals surface area (Å²) < 4.78 is 13.0. The first-order valence-corrected chi connectivity index (χ1v) is 18.4. The number of carbonyl (C=O) groups is 4. The third-order valence-electron chi connectivity index (χ3n) is 10.1. The fourth-order valence-electron chi connectivity index (χ4n) is 8.38. The number of cyclic esters (lactones) is 1. The van der Waals surface area contributed by atoms with Crippen molar-refractivity contribution in [1.82, 2.24) is 15.1 Å². The summed E-state index contributed by atoms with van der Waals surface area (Å²) in [6, 6.07) is 7.68. The zero-order chi connectivity index (χ0) is 35.6. The molecule has 0 unspecified atom stereocenters. The van der Waals surface area contributed by atoms with Gasteiger partial charge in [0.1, 0.15) is 24.4 Å². The molecule has 4 aliphatic rings. The van der Waals surface area contributed by atoms with Crippen molar-refractivity contribution < 1.29 is 33.8 Å². The van der Waals surface area contributed by atoms with E-state index in [1.807, 2.05) is 67.3 Å². The molecule has 4 heterocycles. The van der Waals surface area contributed by atoms with E-state index in [2.05, 4.69) is 42.0 Å². The molecule has 2 saturated heterocycles. The maximum absolute atomic E-state index is 15.2. The molecule has 1 aromatic rings. The van der Waals surface area contributed by atoms with Gasteiger partial charge >= 0.3 is 5.97 Å². The van der Waals surface area contributed by atoms with Crippen LogP contribution in [-0.4, -0.2) is 88.2 Å². The molecule has 2 N–H and O–H groups in total. The van der Waals surface area contributed by atoms with Crippen LogP contribution in [0.25, 0.3) is 0 Å². The monoisotopic (exact) mass is 741 g/mol. The van der Waals surface area contributed by atoms with Crippen molar-refractivity contribution >= 4 is 39.6 Å². The second-order valence-corrected chi connectivity index (χ2v) is 16.6. The molecule has 1 spiro atoms. The summed E-state index contributed by atoms with van der Waals surface area (Å²) in [5.41, 5.74) is -1.29. The number of rotatable bonds is 9. The molecule has 6 atom stereocenters. The van der Waals surface area contributed by atoms with Crippen LogP contribution in [0.15, 0.2) is 53.0 Å². The first-order valence-electron chi connectivity index (χ1n) is 17.6. The molecular weight excluding hydrogens is 690 g/mol. The summed E-state index contributed by atoms with van der Waals surface area (Å²) >= 11 is 3.66. The second kappa shape index (κ2) is 15.1. The van der Waals surface area contributed by atoms with E-state index in [1.54, 1.807) is 4.90 Å². The topological polar surface area (TPSA) is 125 Å². The number of likely N-dealkylation sites (tertiary alicyclic amines) is 1. The minimum atomic E-state index is -1.34. The zero-order valence-corrected chi connectivity index (χ0v) is 31.0. The van der Waals surface area contributed by atoms with Gasteiger partial charge in [0.15, 0.2) is 0 Å². The highest BCUT2D eigenvalue weighted by Crippen LogP contribution is 2.59. The summed E-state index contributed by atoms with van der Waals surface area (Å²) in [4.78, 5) is 60.5. The largest absolute Gasteiger partial charge is 0.463 e. The van der Waals surface area contributed by atoms with Gasteiger partial charge in [-0.3, -0.25) is 19.2 Å². The Hall–Kier alpha value is -3.02. The Morgan fingerprint density at radius 3 is 2.39 bits per heavy atom. The predicted octanol–water partition coefficient (Wildman–Crippen LogP) is 5.21. The maximum Gasteiger partial charge on any atom is 0.306 e. The van der Waals surface area contributed by atoms with Crippen LogP contribution in [-0.2, 0) is 28.7 Å². The number of aliphatic hydroxyl groups is 1. The number of amides is 3. The molecule has 4 aliphatic heterocycles. The van der Waals surface area contributed by atoms with Crippen LogP contribution < -0.4 is 5.32 Å². The van der Waals surface area contributed by atoms with Gasteiger partial charge in [-0.15, -0.1) is 0 Å². The van der Waals surface area contributed by atoms with Crippen LogP contribution >= 0.6 is 15.9 Å². The lowest BCUT2D eigenvalue weighted by Gasteiger charge is -2.45. The van der Waals surface area contributed by atoms with Gasteiger partial charge in [0.25, 0.3) is 0 Å². The van der Waals surface area contributed by atoms with Crippen LogP contribution in [0.1, 0.15) is 91.2 Å². The van der Waals surface area contributed by atoms with Crippen molar-refractivity contribution in [2.75, 3.05) is 26.3 Å². The maximum atomic E-state index is 15.2. The molecule has 49 heavy (non-hydrogen) atoms. The minimum absolute atomic E-state index is 0.0623. The Labute approximate surface area is 298 Å². The Morgan fingerprint density at radius 1 is 0.980 bits per heavy atom. The van der Waals surface area contributed by atoms with Crippen LogP contribution in [0.3, 0.4) is 0 Å². The van der Waals surface area contributed by atoms with Crippen LogP contribution in [0, 0.1) is 17.3 Å². The van der Waals surface area contributed by atoms with Crippen molar-refractivity contribution in [2.24, 2.45) is 17.3 Å². The van der Waals surface area contributed by atoms with Crippen LogP contribution in [0.5, 0.6) is 0 Å². The first-order chi connectivity index (χ1) is 23.2. The van der Waals surface area contributed by atoms with Gasteiger partial charge in [-0.05, 0) is 56.6 Å². The van der Waals surface area contributed by atoms with E-state index in [4.69, 9.17) is 9.47 Å². The smallest absolute Gasteiger partial charge is 0.306 e. The number of nitrogens with zero attached hydrogens (tertiary/aromatic N) is 2. The third kappa shape index (κ3) is 7.84.